The Balaban J connectivity index is 1.65. The normalized spacial score (nSPS) is 18.3. The number of halogens is 1. The lowest BCUT2D eigenvalue weighted by Gasteiger charge is -2.35. The van der Waals surface area contributed by atoms with Crippen molar-refractivity contribution in [3.63, 3.8) is 0 Å². The Kier molecular flexibility index (Phi) is 4.38. The van der Waals surface area contributed by atoms with Crippen LogP contribution in [0.25, 0.3) is 0 Å². The summed E-state index contributed by atoms with van der Waals surface area (Å²) in [7, 11) is 1.58. The monoisotopic (exact) mass is 366 g/mol. The van der Waals surface area contributed by atoms with Crippen LogP contribution in [0.5, 0.6) is 5.75 Å². The lowest BCUT2D eigenvalue weighted by atomic mass is 10.1. The van der Waals surface area contributed by atoms with Gasteiger partial charge in [-0.1, -0.05) is 0 Å². The molecule has 2 amide bonds. The highest BCUT2D eigenvalue weighted by molar-refractivity contribution is 9.10. The van der Waals surface area contributed by atoms with E-state index in [0.717, 1.165) is 17.3 Å². The third-order valence-electron chi connectivity index (χ3n) is 4.21. The fourth-order valence-electron chi connectivity index (χ4n) is 2.68. The van der Waals surface area contributed by atoms with Gasteiger partial charge in [0, 0.05) is 36.6 Å². The molecule has 118 valence electrons. The maximum atomic E-state index is 12.6. The van der Waals surface area contributed by atoms with Crippen LogP contribution in [0.2, 0.25) is 0 Å². The number of hydrogen-bond donors (Lipinski definition) is 0. The third kappa shape index (κ3) is 3.11. The number of nitrogens with zero attached hydrogens (tertiary/aromatic N) is 2. The van der Waals surface area contributed by atoms with Gasteiger partial charge in [0.25, 0.3) is 5.91 Å². The van der Waals surface area contributed by atoms with Crippen LogP contribution in [-0.2, 0) is 4.79 Å². The molecule has 0 aromatic heterocycles. The van der Waals surface area contributed by atoms with Crippen LogP contribution in [0, 0.1) is 5.92 Å². The molecule has 5 nitrogen and oxygen atoms in total. The van der Waals surface area contributed by atoms with Crippen LogP contribution in [0.4, 0.5) is 0 Å². The summed E-state index contributed by atoms with van der Waals surface area (Å²) >= 11 is 3.42. The van der Waals surface area contributed by atoms with Gasteiger partial charge in [0.1, 0.15) is 5.75 Å². The van der Waals surface area contributed by atoms with Crippen LogP contribution in [0.15, 0.2) is 22.7 Å². The molecular formula is C16H19BrN2O3. The van der Waals surface area contributed by atoms with Crippen molar-refractivity contribution < 1.29 is 14.3 Å². The van der Waals surface area contributed by atoms with E-state index < -0.39 is 0 Å². The van der Waals surface area contributed by atoms with Crippen molar-refractivity contribution in [2.75, 3.05) is 33.3 Å². The van der Waals surface area contributed by atoms with Crippen LogP contribution in [0.1, 0.15) is 23.2 Å². The number of ether oxygens (including phenoxy) is 1. The fraction of sp³-hybridized carbons (Fsp3) is 0.500. The summed E-state index contributed by atoms with van der Waals surface area (Å²) in [4.78, 5) is 28.4. The molecule has 3 rings (SSSR count). The minimum atomic E-state index is -0.0238. The maximum Gasteiger partial charge on any atom is 0.255 e. The molecule has 0 spiro atoms. The largest absolute Gasteiger partial charge is 0.497 e. The third-order valence-corrected chi connectivity index (χ3v) is 4.90. The first-order chi connectivity index (χ1) is 10.6. The highest BCUT2D eigenvalue weighted by Crippen LogP contribution is 2.31. The molecule has 2 fully saturated rings. The molecule has 2 aliphatic rings. The smallest absolute Gasteiger partial charge is 0.255 e. The van der Waals surface area contributed by atoms with Crippen molar-refractivity contribution in [2.45, 2.75) is 12.8 Å². The lowest BCUT2D eigenvalue weighted by Crippen LogP contribution is -2.51. The van der Waals surface area contributed by atoms with E-state index in [0.29, 0.717) is 37.5 Å². The van der Waals surface area contributed by atoms with Crippen molar-refractivity contribution in [1.29, 1.82) is 0 Å². The van der Waals surface area contributed by atoms with Crippen molar-refractivity contribution >= 4 is 27.7 Å². The Bertz CT molecular complexity index is 593. The quantitative estimate of drug-likeness (QED) is 0.823. The Hall–Kier alpha value is -1.56. The molecular weight excluding hydrogens is 348 g/mol. The highest BCUT2D eigenvalue weighted by atomic mass is 79.9. The van der Waals surface area contributed by atoms with Crippen molar-refractivity contribution in [3.05, 3.63) is 28.2 Å². The highest BCUT2D eigenvalue weighted by Gasteiger charge is 2.35. The van der Waals surface area contributed by atoms with E-state index in [2.05, 4.69) is 15.9 Å². The SMILES string of the molecule is COc1ccc(Br)c(C(=O)N2CCN(C(=O)C3CC3)CC2)c1. The first-order valence-electron chi connectivity index (χ1n) is 7.51. The van der Waals surface area contributed by atoms with Gasteiger partial charge in [0.15, 0.2) is 0 Å². The fourth-order valence-corrected chi connectivity index (χ4v) is 3.10. The Morgan fingerprint density at radius 2 is 1.77 bits per heavy atom. The second-order valence-electron chi connectivity index (χ2n) is 5.74. The van der Waals surface area contributed by atoms with Gasteiger partial charge in [0.05, 0.1) is 12.7 Å². The van der Waals surface area contributed by atoms with E-state index >= 15 is 0 Å². The Morgan fingerprint density at radius 1 is 1.14 bits per heavy atom. The molecule has 0 atom stereocenters. The molecule has 1 saturated carbocycles. The number of rotatable bonds is 3. The van der Waals surface area contributed by atoms with E-state index in [1.165, 1.54) is 0 Å². The first kappa shape index (κ1) is 15.3. The molecule has 6 heteroatoms. The standard InChI is InChI=1S/C16H19BrN2O3/c1-22-12-4-5-14(17)13(10-12)16(21)19-8-6-18(7-9-19)15(20)11-2-3-11/h4-5,10-11H,2-3,6-9H2,1H3. The molecule has 22 heavy (non-hydrogen) atoms. The predicted octanol–water partition coefficient (Wildman–Crippen LogP) is 2.15. The van der Waals surface area contributed by atoms with E-state index in [-0.39, 0.29) is 17.7 Å². The predicted molar refractivity (Wildman–Crippen MR) is 85.9 cm³/mol. The Labute approximate surface area is 138 Å². The van der Waals surface area contributed by atoms with Crippen molar-refractivity contribution in [3.8, 4) is 5.75 Å². The number of piperazine rings is 1. The lowest BCUT2D eigenvalue weighted by molar-refractivity contribution is -0.134. The summed E-state index contributed by atoms with van der Waals surface area (Å²) in [5.41, 5.74) is 0.598. The average Bonchev–Trinajstić information content (AvgIpc) is 3.39. The molecule has 1 aromatic rings. The zero-order valence-electron chi connectivity index (χ0n) is 12.5. The van der Waals surface area contributed by atoms with Gasteiger partial charge < -0.3 is 14.5 Å². The summed E-state index contributed by atoms with van der Waals surface area (Å²) in [6.07, 6.45) is 2.05. The summed E-state index contributed by atoms with van der Waals surface area (Å²) in [6.45, 7) is 2.42. The van der Waals surface area contributed by atoms with E-state index in [1.807, 2.05) is 17.0 Å². The maximum absolute atomic E-state index is 12.6. The molecule has 0 unspecified atom stereocenters. The van der Waals surface area contributed by atoms with Gasteiger partial charge in [-0.05, 0) is 47.0 Å². The van der Waals surface area contributed by atoms with Crippen molar-refractivity contribution in [2.24, 2.45) is 5.92 Å². The molecule has 1 saturated heterocycles. The van der Waals surface area contributed by atoms with Crippen molar-refractivity contribution in [1.82, 2.24) is 9.80 Å². The van der Waals surface area contributed by atoms with Crippen LogP contribution < -0.4 is 4.74 Å². The van der Waals surface area contributed by atoms with E-state index in [9.17, 15) is 9.59 Å². The number of benzene rings is 1. The molecule has 0 radical (unpaired) electrons. The summed E-state index contributed by atoms with van der Waals surface area (Å²) in [6, 6.07) is 5.38. The Morgan fingerprint density at radius 3 is 2.36 bits per heavy atom. The van der Waals surface area contributed by atoms with Gasteiger partial charge in [-0.2, -0.15) is 0 Å². The number of carbonyl (C=O) groups is 2. The van der Waals surface area contributed by atoms with E-state index in [4.69, 9.17) is 4.74 Å². The number of carbonyl (C=O) groups excluding carboxylic acids is 2. The number of hydrogen-bond acceptors (Lipinski definition) is 3. The number of amides is 2. The number of methoxy groups -OCH3 is 1. The van der Waals surface area contributed by atoms with Crippen LogP contribution in [0.3, 0.4) is 0 Å². The molecule has 1 aromatic carbocycles. The van der Waals surface area contributed by atoms with Gasteiger partial charge in [-0.25, -0.2) is 0 Å². The van der Waals surface area contributed by atoms with E-state index in [1.54, 1.807) is 18.1 Å². The molecule has 1 aliphatic carbocycles. The molecule has 1 aliphatic heterocycles. The summed E-state index contributed by atoms with van der Waals surface area (Å²) in [5, 5.41) is 0. The summed E-state index contributed by atoms with van der Waals surface area (Å²) in [5.74, 6) is 1.14. The zero-order chi connectivity index (χ0) is 15.7. The van der Waals surface area contributed by atoms with Crippen LogP contribution >= 0.6 is 15.9 Å². The van der Waals surface area contributed by atoms with Crippen LogP contribution in [-0.4, -0.2) is 54.9 Å². The second kappa shape index (κ2) is 6.28. The molecule has 0 bridgehead atoms. The summed E-state index contributed by atoms with van der Waals surface area (Å²) < 4.78 is 5.94. The second-order valence-corrected chi connectivity index (χ2v) is 6.59. The van der Waals surface area contributed by atoms with Gasteiger partial charge in [0.2, 0.25) is 5.91 Å². The van der Waals surface area contributed by atoms with Gasteiger partial charge in [-0.3, -0.25) is 9.59 Å². The van der Waals surface area contributed by atoms with Gasteiger partial charge in [-0.15, -0.1) is 0 Å². The molecule has 0 N–H and O–H groups in total. The minimum Gasteiger partial charge on any atom is -0.497 e. The zero-order valence-corrected chi connectivity index (χ0v) is 14.1. The molecule has 1 heterocycles. The topological polar surface area (TPSA) is 49.9 Å². The minimum absolute atomic E-state index is 0.0238. The van der Waals surface area contributed by atoms with Gasteiger partial charge >= 0.3 is 0 Å². The average molecular weight is 367 g/mol. The first-order valence-corrected chi connectivity index (χ1v) is 8.31.